The summed E-state index contributed by atoms with van der Waals surface area (Å²) in [5.74, 6) is 0. The maximum Gasteiger partial charge on any atom is 0.357 e. The highest BCUT2D eigenvalue weighted by atomic mass is 32.1. The van der Waals surface area contributed by atoms with E-state index in [0.717, 1.165) is 16.6 Å². The topological polar surface area (TPSA) is 77.6 Å². The number of aromatic nitrogens is 3. The molecular formula is C16H13N3O2S. The highest BCUT2D eigenvalue weighted by molar-refractivity contribution is 7.71. The zero-order chi connectivity index (χ0) is 15.4. The molecule has 0 fully saturated rings. The summed E-state index contributed by atoms with van der Waals surface area (Å²) in [5, 5.41) is 2.53. The van der Waals surface area contributed by atoms with Crippen molar-refractivity contribution in [2.24, 2.45) is 0 Å². The average Bonchev–Trinajstić information content (AvgIpc) is 3.13. The van der Waals surface area contributed by atoms with Crippen LogP contribution in [0.15, 0.2) is 70.0 Å². The minimum Gasteiger partial charge on any atom is -0.339 e. The van der Waals surface area contributed by atoms with Crippen molar-refractivity contribution in [2.45, 2.75) is 0 Å². The van der Waals surface area contributed by atoms with Crippen LogP contribution in [0.25, 0.3) is 22.3 Å². The van der Waals surface area contributed by atoms with E-state index in [1.54, 1.807) is 0 Å². The van der Waals surface area contributed by atoms with Crippen LogP contribution in [0.4, 0.5) is 0 Å². The molecule has 22 heavy (non-hydrogen) atoms. The van der Waals surface area contributed by atoms with Gasteiger partial charge in [0.15, 0.2) is 4.77 Å². The first-order valence-electron chi connectivity index (χ1n) is 6.63. The van der Waals surface area contributed by atoms with Gasteiger partial charge in [0.1, 0.15) is 0 Å². The normalized spacial score (nSPS) is 10.2. The number of fused-ring (bicyclic) bond motifs is 1. The summed E-state index contributed by atoms with van der Waals surface area (Å²) in [6.07, 6.45) is 0. The first-order valence-corrected chi connectivity index (χ1v) is 7.04. The summed E-state index contributed by atoms with van der Waals surface area (Å²) in [5.41, 5.74) is 3.43. The van der Waals surface area contributed by atoms with Gasteiger partial charge in [-0.1, -0.05) is 42.5 Å². The molecule has 0 amide bonds. The lowest BCUT2D eigenvalue weighted by Crippen LogP contribution is -1.85. The van der Waals surface area contributed by atoms with Crippen LogP contribution in [0.1, 0.15) is 0 Å². The lowest BCUT2D eigenvalue weighted by molar-refractivity contribution is 0.394. The molecular weight excluding hydrogens is 298 g/mol. The van der Waals surface area contributed by atoms with Crippen LogP contribution in [0.3, 0.4) is 0 Å². The summed E-state index contributed by atoms with van der Waals surface area (Å²) in [4.78, 5) is 16.7. The molecule has 110 valence electrons. The van der Waals surface area contributed by atoms with Gasteiger partial charge in [-0.15, -0.1) is 0 Å². The Morgan fingerprint density at radius 1 is 0.864 bits per heavy atom. The predicted octanol–water partition coefficient (Wildman–Crippen LogP) is 3.86. The summed E-state index contributed by atoms with van der Waals surface area (Å²) < 4.78 is 5.22. The number of rotatable bonds is 1. The van der Waals surface area contributed by atoms with Crippen molar-refractivity contribution in [3.8, 4) is 11.3 Å². The molecule has 0 unspecified atom stereocenters. The van der Waals surface area contributed by atoms with Crippen LogP contribution < -0.4 is 5.63 Å². The van der Waals surface area contributed by atoms with E-state index in [1.165, 1.54) is 6.07 Å². The minimum atomic E-state index is -0.353. The molecule has 0 saturated carbocycles. The molecule has 0 radical (unpaired) electrons. The number of hydrogen-bond donors (Lipinski definition) is 3. The lowest BCUT2D eigenvalue weighted by atomic mass is 10.2. The molecule has 0 spiro atoms. The van der Waals surface area contributed by atoms with E-state index in [2.05, 4.69) is 19.6 Å². The van der Waals surface area contributed by atoms with E-state index in [9.17, 15) is 4.79 Å². The number of nitrogens with one attached hydrogen (secondary N) is 3. The lowest BCUT2D eigenvalue weighted by Gasteiger charge is -1.92. The molecule has 4 rings (SSSR count). The van der Waals surface area contributed by atoms with Crippen LogP contribution in [-0.2, 0) is 0 Å². The van der Waals surface area contributed by atoms with E-state index in [4.69, 9.17) is 12.2 Å². The molecule has 2 heterocycles. The van der Waals surface area contributed by atoms with Gasteiger partial charge < -0.3 is 14.5 Å². The fourth-order valence-electron chi connectivity index (χ4n) is 2.02. The molecule has 2 aromatic heterocycles. The molecule has 2 aromatic carbocycles. The number of benzene rings is 2. The Balaban J connectivity index is 0.000000133. The van der Waals surface area contributed by atoms with E-state index in [1.807, 2.05) is 54.6 Å². The van der Waals surface area contributed by atoms with E-state index >= 15 is 0 Å². The number of hydrogen-bond acceptors (Lipinski definition) is 3. The Hall–Kier alpha value is -2.86. The van der Waals surface area contributed by atoms with Crippen molar-refractivity contribution < 1.29 is 4.52 Å². The third kappa shape index (κ3) is 3.24. The second kappa shape index (κ2) is 6.28. The molecule has 5 nitrogen and oxygen atoms in total. The van der Waals surface area contributed by atoms with Crippen molar-refractivity contribution in [1.29, 1.82) is 0 Å². The highest BCUT2D eigenvalue weighted by Crippen LogP contribution is 2.13. The van der Waals surface area contributed by atoms with Gasteiger partial charge in [0.2, 0.25) is 0 Å². The smallest absolute Gasteiger partial charge is 0.339 e. The minimum absolute atomic E-state index is 0.353. The van der Waals surface area contributed by atoms with E-state index in [0.29, 0.717) is 10.5 Å². The van der Waals surface area contributed by atoms with Crippen LogP contribution in [-0.4, -0.2) is 15.1 Å². The molecule has 4 aromatic rings. The van der Waals surface area contributed by atoms with Crippen molar-refractivity contribution in [3.05, 3.63) is 75.9 Å². The first-order chi connectivity index (χ1) is 10.7. The standard InChI is InChI=1S/C9H7NO2.C7H6N2S/c11-9-6-8(10-12-9)7-4-2-1-3-5-7;10-7-8-5-3-1-2-4-6(5)9-7/h1-6,10H;1-4H,(H2,8,9,10). The molecule has 0 aliphatic rings. The Labute approximate surface area is 130 Å². The molecule has 6 heteroatoms. The Bertz CT molecular complexity index is 943. The molecule has 0 atom stereocenters. The zero-order valence-corrected chi connectivity index (χ0v) is 12.3. The largest absolute Gasteiger partial charge is 0.357 e. The molecule has 0 bridgehead atoms. The van der Waals surface area contributed by atoms with Gasteiger partial charge in [-0.05, 0) is 24.4 Å². The Morgan fingerprint density at radius 2 is 1.45 bits per heavy atom. The first kappa shape index (κ1) is 14.1. The van der Waals surface area contributed by atoms with Gasteiger partial charge in [0.05, 0.1) is 22.8 Å². The third-order valence-corrected chi connectivity index (χ3v) is 3.24. The van der Waals surface area contributed by atoms with Gasteiger partial charge in [0, 0.05) is 5.56 Å². The maximum atomic E-state index is 10.7. The van der Waals surface area contributed by atoms with Crippen LogP contribution >= 0.6 is 12.2 Å². The number of imidazole rings is 1. The van der Waals surface area contributed by atoms with Crippen molar-refractivity contribution in [2.75, 3.05) is 0 Å². The quantitative estimate of drug-likeness (QED) is 0.467. The maximum absolute atomic E-state index is 10.7. The monoisotopic (exact) mass is 311 g/mol. The number of aromatic amines is 3. The fraction of sp³-hybridized carbons (Fsp3) is 0. The molecule has 0 saturated heterocycles. The number of H-pyrrole nitrogens is 3. The average molecular weight is 311 g/mol. The van der Waals surface area contributed by atoms with Crippen molar-refractivity contribution in [3.63, 3.8) is 0 Å². The number of para-hydroxylation sites is 2. The van der Waals surface area contributed by atoms with E-state index < -0.39 is 0 Å². The SMILES string of the molecule is O=c1cc(-c2ccccc2)[nH]o1.S=c1[nH]c2ccccc2[nH]1. The van der Waals surface area contributed by atoms with Crippen LogP contribution in [0, 0.1) is 4.77 Å². The van der Waals surface area contributed by atoms with Crippen molar-refractivity contribution in [1.82, 2.24) is 15.1 Å². The second-order valence-corrected chi connectivity index (χ2v) is 4.98. The Kier molecular flexibility index (Phi) is 4.02. The Morgan fingerprint density at radius 3 is 2.00 bits per heavy atom. The summed E-state index contributed by atoms with van der Waals surface area (Å²) in [7, 11) is 0. The summed E-state index contributed by atoms with van der Waals surface area (Å²) in [6, 6.07) is 18.9. The van der Waals surface area contributed by atoms with Crippen molar-refractivity contribution >= 4 is 23.3 Å². The fourth-order valence-corrected chi connectivity index (χ4v) is 2.24. The molecule has 0 aliphatic heterocycles. The molecule has 0 aliphatic carbocycles. The van der Waals surface area contributed by atoms with Gasteiger partial charge in [-0.25, -0.2) is 9.95 Å². The zero-order valence-electron chi connectivity index (χ0n) is 11.5. The molecule has 3 N–H and O–H groups in total. The predicted molar refractivity (Wildman–Crippen MR) is 88.2 cm³/mol. The van der Waals surface area contributed by atoms with Gasteiger partial charge in [0.25, 0.3) is 0 Å². The van der Waals surface area contributed by atoms with Crippen LogP contribution in [0.5, 0.6) is 0 Å². The van der Waals surface area contributed by atoms with Gasteiger partial charge in [-0.3, -0.25) is 0 Å². The summed E-state index contributed by atoms with van der Waals surface area (Å²) in [6.45, 7) is 0. The van der Waals surface area contributed by atoms with E-state index in [-0.39, 0.29) is 5.63 Å². The van der Waals surface area contributed by atoms with Gasteiger partial charge >= 0.3 is 5.63 Å². The summed E-state index contributed by atoms with van der Waals surface area (Å²) >= 11 is 4.90. The third-order valence-electron chi connectivity index (χ3n) is 3.03. The highest BCUT2D eigenvalue weighted by Gasteiger charge is 1.99. The van der Waals surface area contributed by atoms with Gasteiger partial charge in [-0.2, -0.15) is 0 Å². The second-order valence-electron chi connectivity index (χ2n) is 4.57. The van der Waals surface area contributed by atoms with Crippen LogP contribution in [0.2, 0.25) is 0 Å².